The van der Waals surface area contributed by atoms with E-state index in [4.69, 9.17) is 0 Å². The van der Waals surface area contributed by atoms with Crippen LogP contribution in [-0.2, 0) is 11.3 Å². The topological polar surface area (TPSA) is 71.2 Å². The van der Waals surface area contributed by atoms with Crippen LogP contribution in [0.1, 0.15) is 45.4 Å². The molecule has 0 aliphatic carbocycles. The van der Waals surface area contributed by atoms with Crippen molar-refractivity contribution in [2.45, 2.75) is 46.3 Å². The van der Waals surface area contributed by atoms with E-state index in [2.05, 4.69) is 24.2 Å². The molecule has 1 heterocycles. The maximum Gasteiger partial charge on any atom is 0.244 e. The molecule has 0 aliphatic rings. The predicted octanol–water partition coefficient (Wildman–Crippen LogP) is 0.980. The van der Waals surface area contributed by atoms with Crippen LogP contribution in [0.2, 0.25) is 0 Å². The number of aliphatic hydroxyl groups is 1. The molecule has 0 radical (unpaired) electrons. The molecule has 0 aromatic carbocycles. The Labute approximate surface area is 108 Å². The van der Waals surface area contributed by atoms with Gasteiger partial charge >= 0.3 is 0 Å². The minimum Gasteiger partial charge on any atom is -0.387 e. The molecule has 6 nitrogen and oxygen atoms in total. The molecule has 1 amide bonds. The minimum atomic E-state index is -0.656. The third-order valence-electron chi connectivity index (χ3n) is 2.62. The highest BCUT2D eigenvalue weighted by atomic mass is 16.3. The largest absolute Gasteiger partial charge is 0.387 e. The molecule has 1 atom stereocenters. The summed E-state index contributed by atoms with van der Waals surface area (Å²) in [5.41, 5.74) is 0.486. The molecule has 0 saturated heterocycles. The zero-order valence-electron chi connectivity index (χ0n) is 11.3. The summed E-state index contributed by atoms with van der Waals surface area (Å²) in [6, 6.07) is 0. The molecule has 1 aromatic heterocycles. The average Bonchev–Trinajstić information content (AvgIpc) is 2.77. The number of aliphatic hydroxyl groups excluding tert-OH is 1. The van der Waals surface area contributed by atoms with Crippen LogP contribution >= 0.6 is 0 Å². The van der Waals surface area contributed by atoms with Crippen molar-refractivity contribution in [3.05, 3.63) is 11.9 Å². The van der Waals surface area contributed by atoms with E-state index in [1.807, 2.05) is 4.90 Å². The molecule has 1 N–H and O–H groups in total. The second kappa shape index (κ2) is 7.10. The lowest BCUT2D eigenvalue weighted by Crippen LogP contribution is -2.35. The Morgan fingerprint density at radius 2 is 2.06 bits per heavy atom. The van der Waals surface area contributed by atoms with Gasteiger partial charge in [-0.2, -0.15) is 0 Å². The van der Waals surface area contributed by atoms with Crippen LogP contribution in [0.5, 0.6) is 0 Å². The Kier molecular flexibility index (Phi) is 5.77. The lowest BCUT2D eigenvalue weighted by molar-refractivity contribution is -0.132. The fraction of sp³-hybridized carbons (Fsp3) is 0.750. The van der Waals surface area contributed by atoms with Crippen LogP contribution in [-0.4, -0.2) is 44.0 Å². The summed E-state index contributed by atoms with van der Waals surface area (Å²) in [7, 11) is 0. The van der Waals surface area contributed by atoms with E-state index < -0.39 is 6.10 Å². The van der Waals surface area contributed by atoms with E-state index in [0.29, 0.717) is 5.69 Å². The van der Waals surface area contributed by atoms with Crippen molar-refractivity contribution in [2.24, 2.45) is 0 Å². The standard InChI is InChI=1S/C12H22N4O2/c1-4-6-15(7-5-2)12(18)9-16-8-11(10(3)17)13-14-16/h8,10,17H,4-7,9H2,1-3H3. The molecule has 0 spiro atoms. The summed E-state index contributed by atoms with van der Waals surface area (Å²) in [5, 5.41) is 17.0. The van der Waals surface area contributed by atoms with Gasteiger partial charge in [-0.05, 0) is 19.8 Å². The molecule has 0 aliphatic heterocycles. The van der Waals surface area contributed by atoms with Gasteiger partial charge in [-0.3, -0.25) is 4.79 Å². The lowest BCUT2D eigenvalue weighted by atomic mass is 10.3. The van der Waals surface area contributed by atoms with Crippen LogP contribution in [0.3, 0.4) is 0 Å². The van der Waals surface area contributed by atoms with Gasteiger partial charge in [0.25, 0.3) is 0 Å². The molecule has 0 fully saturated rings. The first-order valence-electron chi connectivity index (χ1n) is 6.44. The summed E-state index contributed by atoms with van der Waals surface area (Å²) in [5.74, 6) is 0.0424. The van der Waals surface area contributed by atoms with E-state index in [-0.39, 0.29) is 12.5 Å². The van der Waals surface area contributed by atoms with Crippen LogP contribution in [0.25, 0.3) is 0 Å². The first-order valence-corrected chi connectivity index (χ1v) is 6.44. The maximum absolute atomic E-state index is 12.0. The van der Waals surface area contributed by atoms with Crippen molar-refractivity contribution < 1.29 is 9.90 Å². The van der Waals surface area contributed by atoms with Crippen LogP contribution in [0.15, 0.2) is 6.20 Å². The summed E-state index contributed by atoms with van der Waals surface area (Å²) >= 11 is 0. The highest BCUT2D eigenvalue weighted by Crippen LogP contribution is 2.06. The zero-order chi connectivity index (χ0) is 13.5. The number of hydrogen-bond acceptors (Lipinski definition) is 4. The molecule has 102 valence electrons. The molecular weight excluding hydrogens is 232 g/mol. The second-order valence-corrected chi connectivity index (χ2v) is 4.40. The van der Waals surface area contributed by atoms with Gasteiger partial charge in [0, 0.05) is 13.1 Å². The molecule has 1 aromatic rings. The van der Waals surface area contributed by atoms with Gasteiger partial charge in [-0.1, -0.05) is 19.1 Å². The van der Waals surface area contributed by atoms with Gasteiger partial charge in [-0.15, -0.1) is 5.10 Å². The van der Waals surface area contributed by atoms with E-state index >= 15 is 0 Å². The number of nitrogens with zero attached hydrogens (tertiary/aromatic N) is 4. The van der Waals surface area contributed by atoms with E-state index in [9.17, 15) is 9.90 Å². The van der Waals surface area contributed by atoms with Crippen molar-refractivity contribution in [1.82, 2.24) is 19.9 Å². The number of amides is 1. The van der Waals surface area contributed by atoms with Crippen molar-refractivity contribution >= 4 is 5.91 Å². The van der Waals surface area contributed by atoms with Crippen molar-refractivity contribution in [3.63, 3.8) is 0 Å². The van der Waals surface area contributed by atoms with Gasteiger partial charge in [0.1, 0.15) is 12.2 Å². The average molecular weight is 254 g/mol. The zero-order valence-corrected chi connectivity index (χ0v) is 11.3. The molecule has 0 bridgehead atoms. The Morgan fingerprint density at radius 3 is 2.50 bits per heavy atom. The Morgan fingerprint density at radius 1 is 1.44 bits per heavy atom. The molecule has 1 unspecified atom stereocenters. The highest BCUT2D eigenvalue weighted by Gasteiger charge is 2.14. The van der Waals surface area contributed by atoms with Crippen LogP contribution in [0, 0.1) is 0 Å². The molecule has 6 heteroatoms. The normalized spacial score (nSPS) is 12.4. The fourth-order valence-electron chi connectivity index (χ4n) is 1.72. The third kappa shape index (κ3) is 4.10. The molecule has 0 saturated carbocycles. The van der Waals surface area contributed by atoms with Crippen molar-refractivity contribution in [2.75, 3.05) is 13.1 Å². The van der Waals surface area contributed by atoms with Crippen molar-refractivity contribution in [3.8, 4) is 0 Å². The molecule has 1 rings (SSSR count). The van der Waals surface area contributed by atoms with Crippen molar-refractivity contribution in [1.29, 1.82) is 0 Å². The summed E-state index contributed by atoms with van der Waals surface area (Å²) in [6.45, 7) is 7.44. The van der Waals surface area contributed by atoms with E-state index in [1.54, 1.807) is 13.1 Å². The predicted molar refractivity (Wildman–Crippen MR) is 67.8 cm³/mol. The van der Waals surface area contributed by atoms with Crippen LogP contribution < -0.4 is 0 Å². The Hall–Kier alpha value is -1.43. The van der Waals surface area contributed by atoms with Gasteiger partial charge in [0.05, 0.1) is 12.3 Å². The Bertz CT molecular complexity index is 370. The third-order valence-corrected chi connectivity index (χ3v) is 2.62. The quantitative estimate of drug-likeness (QED) is 0.787. The molecular formula is C12H22N4O2. The van der Waals surface area contributed by atoms with Gasteiger partial charge in [0.15, 0.2) is 0 Å². The maximum atomic E-state index is 12.0. The van der Waals surface area contributed by atoms with Gasteiger partial charge in [0.2, 0.25) is 5.91 Å². The number of rotatable bonds is 7. The Balaban J connectivity index is 2.60. The fourth-order valence-corrected chi connectivity index (χ4v) is 1.72. The summed E-state index contributed by atoms with van der Waals surface area (Å²) in [4.78, 5) is 13.9. The number of hydrogen-bond donors (Lipinski definition) is 1. The highest BCUT2D eigenvalue weighted by molar-refractivity contribution is 5.75. The number of carbonyl (C=O) groups excluding carboxylic acids is 1. The first kappa shape index (κ1) is 14.6. The van der Waals surface area contributed by atoms with E-state index in [0.717, 1.165) is 25.9 Å². The second-order valence-electron chi connectivity index (χ2n) is 4.40. The molecule has 18 heavy (non-hydrogen) atoms. The van der Waals surface area contributed by atoms with Crippen LogP contribution in [0.4, 0.5) is 0 Å². The lowest BCUT2D eigenvalue weighted by Gasteiger charge is -2.21. The van der Waals surface area contributed by atoms with Gasteiger partial charge in [-0.25, -0.2) is 4.68 Å². The smallest absolute Gasteiger partial charge is 0.244 e. The summed E-state index contributed by atoms with van der Waals surface area (Å²) in [6.07, 6.45) is 2.85. The van der Waals surface area contributed by atoms with E-state index in [1.165, 1.54) is 4.68 Å². The number of carbonyl (C=O) groups is 1. The first-order chi connectivity index (χ1) is 8.58. The SMILES string of the molecule is CCCN(CCC)C(=O)Cn1cc(C(C)O)nn1. The minimum absolute atomic E-state index is 0.0424. The van der Waals surface area contributed by atoms with Gasteiger partial charge < -0.3 is 10.0 Å². The monoisotopic (exact) mass is 254 g/mol. The summed E-state index contributed by atoms with van der Waals surface area (Å²) < 4.78 is 1.47. The number of aromatic nitrogens is 3.